The van der Waals surface area contributed by atoms with E-state index in [9.17, 15) is 19.5 Å². The van der Waals surface area contributed by atoms with Crippen LogP contribution in [0.5, 0.6) is 0 Å². The summed E-state index contributed by atoms with van der Waals surface area (Å²) in [6.45, 7) is 9.42. The average molecular weight is 471 g/mol. The van der Waals surface area contributed by atoms with Gasteiger partial charge in [-0.2, -0.15) is 0 Å². The molecule has 2 aliphatic rings. The van der Waals surface area contributed by atoms with Gasteiger partial charge in [0.25, 0.3) is 0 Å². The molecule has 1 fully saturated rings. The lowest BCUT2D eigenvalue weighted by Crippen LogP contribution is -2.49. The van der Waals surface area contributed by atoms with Crippen LogP contribution < -0.4 is 15.5 Å². The quantitative estimate of drug-likeness (QED) is 0.481. The first-order valence-electron chi connectivity index (χ1n) is 12.3. The van der Waals surface area contributed by atoms with Crippen LogP contribution in [0.4, 0.5) is 11.4 Å². The molecule has 186 valence electrons. The van der Waals surface area contributed by atoms with Gasteiger partial charge < -0.3 is 25.5 Å². The number of anilines is 2. The summed E-state index contributed by atoms with van der Waals surface area (Å²) in [6, 6.07) is 6.30. The van der Waals surface area contributed by atoms with Crippen LogP contribution in [-0.2, 0) is 14.4 Å². The normalized spacial score (nSPS) is 26.7. The second kappa shape index (κ2) is 11.0. The minimum atomic E-state index is -0.802. The van der Waals surface area contributed by atoms with Gasteiger partial charge in [-0.25, -0.2) is 0 Å². The van der Waals surface area contributed by atoms with Crippen LogP contribution in [-0.4, -0.2) is 66.6 Å². The molecule has 0 radical (unpaired) electrons. The Morgan fingerprint density at radius 2 is 1.74 bits per heavy atom. The lowest BCUT2D eigenvalue weighted by atomic mass is 9.69. The summed E-state index contributed by atoms with van der Waals surface area (Å²) in [4.78, 5) is 43.6. The molecule has 8 nitrogen and oxygen atoms in total. The Kier molecular flexibility index (Phi) is 8.36. The van der Waals surface area contributed by atoms with Gasteiger partial charge in [-0.05, 0) is 57.4 Å². The fraction of sp³-hybridized carbons (Fsp3) is 0.577. The summed E-state index contributed by atoms with van der Waals surface area (Å²) in [5, 5.41) is 15.5. The SMILES string of the molecule is CC[C@@H]1C=C[C@H]2[C@H](C(=O)N([C@H](C)CO)[C@@H]2C(=O)Nc2ccc(N(CC)CC)cc2)[C@@H]1C(=O)NC. The van der Waals surface area contributed by atoms with Crippen LogP contribution in [0.1, 0.15) is 34.1 Å². The van der Waals surface area contributed by atoms with E-state index in [4.69, 9.17) is 0 Å². The van der Waals surface area contributed by atoms with Gasteiger partial charge in [-0.3, -0.25) is 14.4 Å². The number of likely N-dealkylation sites (tertiary alicyclic amines) is 1. The first-order valence-corrected chi connectivity index (χ1v) is 12.3. The predicted octanol–water partition coefficient (Wildman–Crippen LogP) is 2.25. The maximum atomic E-state index is 13.6. The zero-order chi connectivity index (χ0) is 25.0. The van der Waals surface area contributed by atoms with Crippen molar-refractivity contribution in [3.8, 4) is 0 Å². The summed E-state index contributed by atoms with van der Waals surface area (Å²) in [5.41, 5.74) is 1.71. The number of amides is 3. The van der Waals surface area contributed by atoms with E-state index < -0.39 is 29.8 Å². The average Bonchev–Trinajstić information content (AvgIpc) is 3.16. The number of carbonyl (C=O) groups excluding carboxylic acids is 3. The van der Waals surface area contributed by atoms with Crippen molar-refractivity contribution >= 4 is 29.1 Å². The number of rotatable bonds is 9. The zero-order valence-electron chi connectivity index (χ0n) is 20.8. The second-order valence-corrected chi connectivity index (χ2v) is 9.13. The van der Waals surface area contributed by atoms with Crippen LogP contribution in [0.15, 0.2) is 36.4 Å². The molecule has 34 heavy (non-hydrogen) atoms. The lowest BCUT2D eigenvalue weighted by molar-refractivity contribution is -0.142. The van der Waals surface area contributed by atoms with Gasteiger partial charge in [-0.1, -0.05) is 19.1 Å². The van der Waals surface area contributed by atoms with E-state index in [1.807, 2.05) is 43.3 Å². The second-order valence-electron chi connectivity index (χ2n) is 9.13. The summed E-state index contributed by atoms with van der Waals surface area (Å²) >= 11 is 0. The van der Waals surface area contributed by atoms with E-state index in [0.717, 1.165) is 25.2 Å². The van der Waals surface area contributed by atoms with E-state index in [2.05, 4.69) is 29.4 Å². The molecule has 6 atom stereocenters. The maximum absolute atomic E-state index is 13.6. The Morgan fingerprint density at radius 1 is 1.09 bits per heavy atom. The molecule has 1 aliphatic heterocycles. The third kappa shape index (κ3) is 4.69. The van der Waals surface area contributed by atoms with Crippen molar-refractivity contribution in [1.82, 2.24) is 10.2 Å². The minimum Gasteiger partial charge on any atom is -0.394 e. The van der Waals surface area contributed by atoms with Crippen molar-refractivity contribution in [1.29, 1.82) is 0 Å². The molecule has 0 unspecified atom stereocenters. The van der Waals surface area contributed by atoms with Gasteiger partial charge in [0.05, 0.1) is 24.5 Å². The molecule has 0 saturated carbocycles. The summed E-state index contributed by atoms with van der Waals surface area (Å²) in [7, 11) is 1.57. The number of benzene rings is 1. The zero-order valence-corrected chi connectivity index (χ0v) is 20.8. The van der Waals surface area contributed by atoms with Crippen LogP contribution in [0.2, 0.25) is 0 Å². The molecule has 1 heterocycles. The van der Waals surface area contributed by atoms with E-state index in [1.54, 1.807) is 14.0 Å². The van der Waals surface area contributed by atoms with Gasteiger partial charge in [0.1, 0.15) is 6.04 Å². The van der Waals surface area contributed by atoms with E-state index in [-0.39, 0.29) is 30.2 Å². The highest BCUT2D eigenvalue weighted by Gasteiger charge is 2.57. The van der Waals surface area contributed by atoms with Crippen LogP contribution in [0.25, 0.3) is 0 Å². The Bertz CT molecular complexity index is 912. The molecule has 1 aliphatic carbocycles. The van der Waals surface area contributed by atoms with Gasteiger partial charge in [0.2, 0.25) is 17.7 Å². The first kappa shape index (κ1) is 25.7. The standard InChI is InChI=1S/C26H38N4O4/c1-6-17-9-14-20-22(21(17)24(32)27-5)26(34)30(16(4)15-31)23(20)25(33)28-18-10-12-19(13-11-18)29(7-2)8-3/h9-14,16-17,20-23,31H,6-8,15H2,1-5H3,(H,27,32)(H,28,33)/t16-,17-,20+,21-,22+,23+/m1/s1. The first-order chi connectivity index (χ1) is 16.3. The summed E-state index contributed by atoms with van der Waals surface area (Å²) in [6.07, 6.45) is 4.62. The van der Waals surface area contributed by atoms with Crippen LogP contribution in [0.3, 0.4) is 0 Å². The highest BCUT2D eigenvalue weighted by Crippen LogP contribution is 2.45. The van der Waals surface area contributed by atoms with Crippen molar-refractivity contribution in [3.63, 3.8) is 0 Å². The molecule has 1 aromatic carbocycles. The fourth-order valence-corrected chi connectivity index (χ4v) is 5.49. The molecule has 3 rings (SSSR count). The fourth-order valence-electron chi connectivity index (χ4n) is 5.49. The molecular weight excluding hydrogens is 432 g/mol. The number of allylic oxidation sites excluding steroid dienone is 1. The number of nitrogens with one attached hydrogen (secondary N) is 2. The van der Waals surface area contributed by atoms with Gasteiger partial charge >= 0.3 is 0 Å². The number of aliphatic hydroxyl groups is 1. The minimum absolute atomic E-state index is 0.0779. The van der Waals surface area contributed by atoms with E-state index in [0.29, 0.717) is 5.69 Å². The van der Waals surface area contributed by atoms with Crippen molar-refractivity contribution < 1.29 is 19.5 Å². The van der Waals surface area contributed by atoms with Crippen molar-refractivity contribution in [2.75, 3.05) is 37.0 Å². The number of aliphatic hydroxyl groups excluding tert-OH is 1. The Balaban J connectivity index is 1.92. The van der Waals surface area contributed by atoms with Crippen molar-refractivity contribution in [2.45, 2.75) is 46.2 Å². The molecule has 0 bridgehead atoms. The molecule has 1 saturated heterocycles. The number of fused-ring (bicyclic) bond motifs is 1. The monoisotopic (exact) mass is 470 g/mol. The van der Waals surface area contributed by atoms with Gasteiger partial charge in [-0.15, -0.1) is 0 Å². The molecule has 0 spiro atoms. The molecule has 8 heteroatoms. The molecule has 3 N–H and O–H groups in total. The van der Waals surface area contributed by atoms with Crippen LogP contribution >= 0.6 is 0 Å². The molecule has 1 aromatic rings. The Labute approximate surface area is 202 Å². The molecular formula is C26H38N4O4. The summed E-state index contributed by atoms with van der Waals surface area (Å²) < 4.78 is 0. The number of hydrogen-bond acceptors (Lipinski definition) is 5. The molecule has 0 aromatic heterocycles. The number of hydrogen-bond donors (Lipinski definition) is 3. The highest BCUT2D eigenvalue weighted by molar-refractivity contribution is 6.02. The predicted molar refractivity (Wildman–Crippen MR) is 133 cm³/mol. The van der Waals surface area contributed by atoms with Gasteiger partial charge in [0, 0.05) is 37.4 Å². The van der Waals surface area contributed by atoms with E-state index >= 15 is 0 Å². The highest BCUT2D eigenvalue weighted by atomic mass is 16.3. The van der Waals surface area contributed by atoms with E-state index in [1.165, 1.54) is 4.90 Å². The summed E-state index contributed by atoms with van der Waals surface area (Å²) in [5.74, 6) is -2.45. The van der Waals surface area contributed by atoms with Gasteiger partial charge in [0.15, 0.2) is 0 Å². The maximum Gasteiger partial charge on any atom is 0.247 e. The Morgan fingerprint density at radius 3 is 2.26 bits per heavy atom. The van der Waals surface area contributed by atoms with Crippen molar-refractivity contribution in [3.05, 3.63) is 36.4 Å². The third-order valence-corrected chi connectivity index (χ3v) is 7.34. The number of carbonyl (C=O) groups is 3. The number of nitrogens with zero attached hydrogens (tertiary/aromatic N) is 2. The topological polar surface area (TPSA) is 102 Å². The largest absolute Gasteiger partial charge is 0.394 e. The third-order valence-electron chi connectivity index (χ3n) is 7.34. The van der Waals surface area contributed by atoms with Crippen LogP contribution in [0, 0.1) is 23.7 Å². The Hall–Kier alpha value is -2.87. The smallest absolute Gasteiger partial charge is 0.247 e. The van der Waals surface area contributed by atoms with Crippen molar-refractivity contribution in [2.24, 2.45) is 23.7 Å². The molecule has 3 amide bonds. The lowest BCUT2D eigenvalue weighted by Gasteiger charge is -2.34.